The Hall–Kier alpha value is -4.75. The zero-order chi connectivity index (χ0) is 29.5. The van der Waals surface area contributed by atoms with Gasteiger partial charge in [-0.05, 0) is 48.1 Å². The first-order valence-electron chi connectivity index (χ1n) is 14.1. The minimum Gasteiger partial charge on any atom is -0.383 e. The van der Waals surface area contributed by atoms with Crippen molar-refractivity contribution in [2.24, 2.45) is 5.41 Å². The highest BCUT2D eigenvalue weighted by Crippen LogP contribution is 2.38. The molecule has 0 amide bonds. The van der Waals surface area contributed by atoms with Crippen molar-refractivity contribution in [3.8, 4) is 17.2 Å². The van der Waals surface area contributed by atoms with E-state index in [0.717, 1.165) is 29.4 Å². The van der Waals surface area contributed by atoms with Crippen LogP contribution in [0, 0.1) is 22.6 Å². The molecule has 1 saturated carbocycles. The lowest BCUT2D eigenvalue weighted by molar-refractivity contribution is 0.260. The minimum absolute atomic E-state index is 0.0474. The smallest absolute Gasteiger partial charge is 0.123 e. The number of halogens is 1. The van der Waals surface area contributed by atoms with E-state index in [9.17, 15) is 11.0 Å². The molecule has 3 heterocycles. The van der Waals surface area contributed by atoms with Crippen molar-refractivity contribution in [1.82, 2.24) is 30.9 Å². The lowest BCUT2D eigenvalue weighted by Gasteiger charge is -2.24. The van der Waals surface area contributed by atoms with Crippen LogP contribution in [0.3, 0.4) is 0 Å². The van der Waals surface area contributed by atoms with E-state index in [1.165, 1.54) is 18.5 Å². The van der Waals surface area contributed by atoms with Gasteiger partial charge in [0, 0.05) is 59.6 Å². The third-order valence-electron chi connectivity index (χ3n) is 6.96. The highest BCUT2D eigenvalue weighted by molar-refractivity contribution is 6.04. The number of aromatic nitrogens is 3. The fraction of sp³-hybridized carbons (Fsp3) is 0.290. The lowest BCUT2D eigenvalue weighted by atomic mass is 9.95. The summed E-state index contributed by atoms with van der Waals surface area (Å²) in [4.78, 5) is 13.1. The zero-order valence-corrected chi connectivity index (χ0v) is 23.2. The van der Waals surface area contributed by atoms with Crippen LogP contribution in [-0.2, 0) is 0 Å². The molecule has 4 N–H and O–H groups in total. The first-order valence-corrected chi connectivity index (χ1v) is 13.6. The number of fused-ring (bicyclic) bond motifs is 1. The Morgan fingerprint density at radius 1 is 1.17 bits per heavy atom. The second-order valence-electron chi connectivity index (χ2n) is 11.5. The summed E-state index contributed by atoms with van der Waals surface area (Å²) in [5.41, 5.74) is 11.2. The summed E-state index contributed by atoms with van der Waals surface area (Å²) >= 11 is 0. The number of hydrazine groups is 2. The van der Waals surface area contributed by atoms with E-state index in [1.807, 2.05) is 23.3 Å². The largest absolute Gasteiger partial charge is 0.383 e. The molecule has 208 valence electrons. The Morgan fingerprint density at radius 3 is 2.61 bits per heavy atom. The van der Waals surface area contributed by atoms with Crippen molar-refractivity contribution in [1.29, 1.82) is 5.26 Å². The van der Waals surface area contributed by atoms with Gasteiger partial charge < -0.3 is 16.1 Å². The molecule has 1 aliphatic heterocycles. The molecule has 0 radical (unpaired) electrons. The number of nitrogens with zero attached hydrogens (tertiary/aromatic N) is 5. The number of rotatable bonds is 8. The Kier molecular flexibility index (Phi) is 6.57. The molecule has 9 nitrogen and oxygen atoms in total. The van der Waals surface area contributed by atoms with Crippen LogP contribution in [0.15, 0.2) is 73.2 Å². The molecule has 0 saturated heterocycles. The molecule has 0 spiro atoms. The van der Waals surface area contributed by atoms with E-state index in [4.69, 9.17) is 0 Å². The normalized spacial score (nSPS) is 16.8. The van der Waals surface area contributed by atoms with Gasteiger partial charge in [-0.15, -0.1) is 5.53 Å². The molecule has 1 unspecified atom stereocenters. The Balaban J connectivity index is 1.53. The third-order valence-corrected chi connectivity index (χ3v) is 6.96. The quantitative estimate of drug-likeness (QED) is 0.221. The van der Waals surface area contributed by atoms with Gasteiger partial charge in [0.25, 0.3) is 0 Å². The first-order chi connectivity index (χ1) is 20.1. The molecule has 2 aromatic carbocycles. The Labute approximate surface area is 239 Å². The highest BCUT2D eigenvalue weighted by Gasteiger charge is 2.32. The fourth-order valence-electron chi connectivity index (χ4n) is 4.72. The predicted molar refractivity (Wildman–Crippen MR) is 157 cm³/mol. The average molecular weight is 551 g/mol. The molecule has 4 aromatic rings. The van der Waals surface area contributed by atoms with Crippen LogP contribution in [0.1, 0.15) is 52.1 Å². The molecular weight excluding hydrogens is 517 g/mol. The molecule has 2 aromatic heterocycles. The number of nitriles is 1. The van der Waals surface area contributed by atoms with Crippen molar-refractivity contribution in [2.45, 2.75) is 45.7 Å². The van der Waals surface area contributed by atoms with Gasteiger partial charge in [0.1, 0.15) is 18.2 Å². The van der Waals surface area contributed by atoms with Crippen LogP contribution >= 0.6 is 0 Å². The van der Waals surface area contributed by atoms with Crippen LogP contribution in [0.5, 0.6) is 0 Å². The molecule has 1 atom stereocenters. The third kappa shape index (κ3) is 5.76. The second kappa shape index (κ2) is 10.7. The van der Waals surface area contributed by atoms with Crippen molar-refractivity contribution in [2.75, 3.05) is 17.2 Å². The van der Waals surface area contributed by atoms with Crippen LogP contribution in [-0.4, -0.2) is 32.5 Å². The SMILES string of the molecule is [2H]C(Nc1cc(-c2cncnc2)c2ncc(C#N)c(NCC(C)(C)C)c2c1)(C1=CN(C2CC2)NN1)c1ccc(F)cc1. The van der Waals surface area contributed by atoms with Crippen LogP contribution < -0.4 is 21.6 Å². The van der Waals surface area contributed by atoms with Gasteiger partial charge in [-0.3, -0.25) is 9.99 Å². The van der Waals surface area contributed by atoms with Gasteiger partial charge in [0.2, 0.25) is 0 Å². The number of hydrogen-bond acceptors (Lipinski definition) is 9. The van der Waals surface area contributed by atoms with E-state index in [1.54, 1.807) is 30.7 Å². The van der Waals surface area contributed by atoms with Gasteiger partial charge >= 0.3 is 0 Å². The maximum Gasteiger partial charge on any atom is 0.123 e. The predicted octanol–water partition coefficient (Wildman–Crippen LogP) is 5.64. The summed E-state index contributed by atoms with van der Waals surface area (Å²) in [6.07, 6.45) is 10.5. The number of anilines is 2. The monoisotopic (exact) mass is 550 g/mol. The molecule has 0 bridgehead atoms. The van der Waals surface area contributed by atoms with Crippen molar-refractivity contribution < 1.29 is 5.76 Å². The van der Waals surface area contributed by atoms with Crippen molar-refractivity contribution in [3.05, 3.63) is 90.2 Å². The van der Waals surface area contributed by atoms with Gasteiger partial charge in [0.15, 0.2) is 0 Å². The van der Waals surface area contributed by atoms with E-state index in [2.05, 4.69) is 63.4 Å². The molecule has 2 aliphatic rings. The summed E-state index contributed by atoms with van der Waals surface area (Å²) < 4.78 is 23.7. The second-order valence-corrected chi connectivity index (χ2v) is 11.5. The summed E-state index contributed by atoms with van der Waals surface area (Å²) in [5, 5.41) is 19.6. The molecule has 6 rings (SSSR count). The van der Waals surface area contributed by atoms with Crippen LogP contribution in [0.4, 0.5) is 15.8 Å². The molecular formula is C31H32FN9. The standard InChI is InChI=1S/C31H32FN9/c1-31(2,3)17-37-28-20(12-33)15-36-30-25(21-13-34-18-35-14-21)10-23(11-26(28)30)38-29(19-4-6-22(32)7-5-19)27-16-41(40-39-27)24-8-9-24/h4-7,10-11,13-16,18,24,29,38-40H,8-9,17H2,1-3H3,(H,36,37)/i29D. The summed E-state index contributed by atoms with van der Waals surface area (Å²) in [5.74, 6) is -0.381. The van der Waals surface area contributed by atoms with Gasteiger partial charge in [-0.25, -0.2) is 14.4 Å². The molecule has 1 fully saturated rings. The van der Waals surface area contributed by atoms with Gasteiger partial charge in [-0.1, -0.05) is 32.9 Å². The number of pyridine rings is 1. The Bertz CT molecular complexity index is 1690. The Morgan fingerprint density at radius 2 is 1.93 bits per heavy atom. The topological polar surface area (TPSA) is 114 Å². The average Bonchev–Trinajstić information content (AvgIpc) is 3.71. The van der Waals surface area contributed by atoms with Crippen LogP contribution in [0.25, 0.3) is 22.0 Å². The van der Waals surface area contributed by atoms with Gasteiger partial charge in [-0.2, -0.15) is 5.26 Å². The highest BCUT2D eigenvalue weighted by atomic mass is 19.1. The molecule has 41 heavy (non-hydrogen) atoms. The van der Waals surface area contributed by atoms with Crippen molar-refractivity contribution in [3.63, 3.8) is 0 Å². The van der Waals surface area contributed by atoms with Crippen molar-refractivity contribution >= 4 is 22.3 Å². The molecule has 1 aliphatic carbocycles. The summed E-state index contributed by atoms with van der Waals surface area (Å²) in [6, 6.07) is 10.8. The van der Waals surface area contributed by atoms with E-state index < -0.39 is 6.02 Å². The van der Waals surface area contributed by atoms with Gasteiger partial charge in [0.05, 0.1) is 29.9 Å². The van der Waals surface area contributed by atoms with Crippen LogP contribution in [0.2, 0.25) is 0 Å². The molecule has 10 heteroatoms. The fourth-order valence-corrected chi connectivity index (χ4v) is 4.72. The zero-order valence-electron chi connectivity index (χ0n) is 24.2. The first kappa shape index (κ1) is 25.2. The minimum atomic E-state index is -1.53. The maximum absolute atomic E-state index is 14.0. The summed E-state index contributed by atoms with van der Waals surface area (Å²) in [7, 11) is 0. The number of hydrogen-bond donors (Lipinski definition) is 4. The van der Waals surface area contributed by atoms with E-state index >= 15 is 0 Å². The van der Waals surface area contributed by atoms with E-state index in [-0.39, 0.29) is 11.2 Å². The lowest BCUT2D eigenvalue weighted by Crippen LogP contribution is -2.38. The number of benzene rings is 2. The maximum atomic E-state index is 14.0. The van der Waals surface area contributed by atoms with E-state index in [0.29, 0.717) is 46.3 Å². The number of nitrogens with one attached hydrogen (secondary N) is 4. The summed E-state index contributed by atoms with van der Waals surface area (Å²) in [6.45, 7) is 6.98.